The summed E-state index contributed by atoms with van der Waals surface area (Å²) in [7, 11) is -4.14. The van der Waals surface area contributed by atoms with E-state index in [-0.39, 0.29) is 18.2 Å². The third-order valence-electron chi connectivity index (χ3n) is 0.808. The summed E-state index contributed by atoms with van der Waals surface area (Å²) in [5.41, 5.74) is 0. The summed E-state index contributed by atoms with van der Waals surface area (Å²) in [5, 5.41) is 7.82. The highest BCUT2D eigenvalue weighted by Crippen LogP contribution is 1.87. The van der Waals surface area contributed by atoms with Crippen molar-refractivity contribution in [2.24, 2.45) is 4.99 Å². The predicted octanol–water partition coefficient (Wildman–Crippen LogP) is -0.715. The van der Waals surface area contributed by atoms with Crippen LogP contribution in [0.15, 0.2) is 4.99 Å². The highest BCUT2D eigenvalue weighted by atomic mass is 32.2. The summed E-state index contributed by atoms with van der Waals surface area (Å²) in [5.74, 6) is 0. The molecule has 0 bridgehead atoms. The van der Waals surface area contributed by atoms with Gasteiger partial charge in [0.25, 0.3) is 0 Å². The summed E-state index contributed by atoms with van der Waals surface area (Å²) in [6, 6.07) is 0. The van der Waals surface area contributed by atoms with Crippen LogP contribution in [0.5, 0.6) is 0 Å². The Morgan fingerprint density at radius 2 is 2.10 bits per heavy atom. The highest BCUT2D eigenvalue weighted by Gasteiger charge is 2.07. The average molecular weight is 167 g/mol. The smallest absolute Gasteiger partial charge is 0.307 e. The van der Waals surface area contributed by atoms with Gasteiger partial charge in [-0.2, -0.15) is 8.42 Å². The molecule has 0 fully saturated rings. The van der Waals surface area contributed by atoms with Crippen molar-refractivity contribution in [1.82, 2.24) is 0 Å². The Kier molecular flexibility index (Phi) is 3.48. The van der Waals surface area contributed by atoms with Crippen molar-refractivity contribution in [3.63, 3.8) is 0 Å². The van der Waals surface area contributed by atoms with Crippen LogP contribution in [-0.4, -0.2) is 36.3 Å². The van der Waals surface area contributed by atoms with E-state index in [1.165, 1.54) is 0 Å². The number of aliphatic hydroxyl groups is 1. The second kappa shape index (κ2) is 3.65. The van der Waals surface area contributed by atoms with Gasteiger partial charge in [-0.1, -0.05) is 0 Å². The first kappa shape index (κ1) is 9.54. The molecule has 0 aromatic carbocycles. The molecule has 0 amide bonds. The van der Waals surface area contributed by atoms with E-state index in [1.807, 2.05) is 0 Å². The van der Waals surface area contributed by atoms with Gasteiger partial charge in [0, 0.05) is 0 Å². The standard InChI is InChI=1S/C4H9NO4S/c1-4(5-2-3-6)10(7,8)9/h6H,2-3H2,1H3,(H,7,8,9). The number of hydrogen-bond donors (Lipinski definition) is 2. The lowest BCUT2D eigenvalue weighted by atomic mass is 10.7. The molecule has 0 unspecified atom stereocenters. The fourth-order valence-electron chi connectivity index (χ4n) is 0.289. The molecule has 5 nitrogen and oxygen atoms in total. The minimum atomic E-state index is -4.14. The van der Waals surface area contributed by atoms with Crippen molar-refractivity contribution in [2.45, 2.75) is 6.92 Å². The molecular formula is C4H9NO4S. The van der Waals surface area contributed by atoms with Crippen LogP contribution in [0, 0.1) is 0 Å². The number of rotatable bonds is 2. The number of nitrogens with zero attached hydrogens (tertiary/aromatic N) is 1. The molecule has 10 heavy (non-hydrogen) atoms. The van der Waals surface area contributed by atoms with Crippen LogP contribution in [-0.2, 0) is 10.1 Å². The van der Waals surface area contributed by atoms with E-state index in [9.17, 15) is 8.42 Å². The maximum Gasteiger partial charge on any atom is 0.307 e. The average Bonchev–Trinajstić information content (AvgIpc) is 1.80. The van der Waals surface area contributed by atoms with Crippen LogP contribution in [0.1, 0.15) is 6.92 Å². The van der Waals surface area contributed by atoms with Gasteiger partial charge in [-0.25, -0.2) is 0 Å². The lowest BCUT2D eigenvalue weighted by molar-refractivity contribution is 0.307. The van der Waals surface area contributed by atoms with Gasteiger partial charge in [0.15, 0.2) is 5.04 Å². The van der Waals surface area contributed by atoms with Crippen LogP contribution in [0.4, 0.5) is 0 Å². The van der Waals surface area contributed by atoms with Crippen LogP contribution in [0.2, 0.25) is 0 Å². The summed E-state index contributed by atoms with van der Waals surface area (Å²) in [4.78, 5) is 3.34. The van der Waals surface area contributed by atoms with Crippen molar-refractivity contribution in [2.75, 3.05) is 13.2 Å². The molecule has 0 aliphatic heterocycles. The van der Waals surface area contributed by atoms with E-state index in [2.05, 4.69) is 4.99 Å². The zero-order chi connectivity index (χ0) is 8.20. The molecule has 0 saturated heterocycles. The lowest BCUT2D eigenvalue weighted by Gasteiger charge is -1.92. The normalized spacial score (nSPS) is 13.7. The van der Waals surface area contributed by atoms with Crippen molar-refractivity contribution in [3.05, 3.63) is 0 Å². The first-order valence-corrected chi connectivity index (χ1v) is 4.02. The van der Waals surface area contributed by atoms with E-state index < -0.39 is 10.1 Å². The minimum Gasteiger partial charge on any atom is -0.394 e. The van der Waals surface area contributed by atoms with E-state index in [1.54, 1.807) is 0 Å². The topological polar surface area (TPSA) is 87.0 Å². The van der Waals surface area contributed by atoms with E-state index in [0.717, 1.165) is 6.92 Å². The largest absolute Gasteiger partial charge is 0.394 e. The molecule has 0 aromatic heterocycles. The fraction of sp³-hybridized carbons (Fsp3) is 0.750. The van der Waals surface area contributed by atoms with Gasteiger partial charge in [0.05, 0.1) is 13.2 Å². The first-order chi connectivity index (χ1) is 4.48. The van der Waals surface area contributed by atoms with Crippen LogP contribution in [0.3, 0.4) is 0 Å². The van der Waals surface area contributed by atoms with Crippen molar-refractivity contribution < 1.29 is 18.1 Å². The van der Waals surface area contributed by atoms with E-state index >= 15 is 0 Å². The Morgan fingerprint density at radius 1 is 1.60 bits per heavy atom. The quantitative estimate of drug-likeness (QED) is 0.323. The zero-order valence-electron chi connectivity index (χ0n) is 5.48. The monoisotopic (exact) mass is 167 g/mol. The van der Waals surface area contributed by atoms with Gasteiger partial charge >= 0.3 is 10.1 Å². The van der Waals surface area contributed by atoms with Crippen molar-refractivity contribution >= 4 is 15.2 Å². The molecule has 0 saturated carbocycles. The summed E-state index contributed by atoms with van der Waals surface area (Å²) in [6.45, 7) is 0.920. The molecule has 2 N–H and O–H groups in total. The van der Waals surface area contributed by atoms with E-state index in [0.29, 0.717) is 0 Å². The van der Waals surface area contributed by atoms with Crippen LogP contribution in [0.25, 0.3) is 0 Å². The highest BCUT2D eigenvalue weighted by molar-refractivity contribution is 8.01. The fourth-order valence-corrected chi connectivity index (χ4v) is 0.543. The Bertz CT molecular complexity index is 217. The second-order valence-electron chi connectivity index (χ2n) is 1.60. The molecule has 0 rings (SSSR count). The van der Waals surface area contributed by atoms with Gasteiger partial charge in [0.2, 0.25) is 0 Å². The number of aliphatic hydroxyl groups excluding tert-OH is 1. The second-order valence-corrected chi connectivity index (χ2v) is 3.14. The maximum absolute atomic E-state index is 10.2. The Balaban J connectivity index is 4.22. The molecule has 0 aliphatic carbocycles. The van der Waals surface area contributed by atoms with Gasteiger partial charge in [0.1, 0.15) is 0 Å². The zero-order valence-corrected chi connectivity index (χ0v) is 6.30. The Labute approximate surface area is 59.2 Å². The van der Waals surface area contributed by atoms with Crippen LogP contribution >= 0.6 is 0 Å². The van der Waals surface area contributed by atoms with Gasteiger partial charge < -0.3 is 5.11 Å². The SMILES string of the molecule is CC(=NCCO)S(=O)(=O)O. The van der Waals surface area contributed by atoms with Gasteiger partial charge in [-0.3, -0.25) is 9.55 Å². The molecular weight excluding hydrogens is 158 g/mol. The van der Waals surface area contributed by atoms with Crippen molar-refractivity contribution in [1.29, 1.82) is 0 Å². The molecule has 0 aliphatic rings. The molecule has 60 valence electrons. The minimum absolute atomic E-state index is 0.00831. The molecule has 6 heteroatoms. The summed E-state index contributed by atoms with van der Waals surface area (Å²) in [6.07, 6.45) is 0. The van der Waals surface area contributed by atoms with Gasteiger partial charge in [-0.15, -0.1) is 0 Å². The van der Waals surface area contributed by atoms with Gasteiger partial charge in [-0.05, 0) is 6.92 Å². The van der Waals surface area contributed by atoms with Crippen molar-refractivity contribution in [3.8, 4) is 0 Å². The number of hydrogen-bond acceptors (Lipinski definition) is 4. The maximum atomic E-state index is 10.2. The first-order valence-electron chi connectivity index (χ1n) is 2.58. The van der Waals surface area contributed by atoms with E-state index in [4.69, 9.17) is 9.66 Å². The van der Waals surface area contributed by atoms with Crippen LogP contribution < -0.4 is 0 Å². The molecule has 0 atom stereocenters. The molecule has 0 spiro atoms. The molecule has 0 radical (unpaired) electrons. The lowest BCUT2D eigenvalue weighted by Crippen LogP contribution is -2.10. The number of aliphatic imine (C=N–C) groups is 1. The molecule has 0 aromatic rings. The summed E-state index contributed by atoms with van der Waals surface area (Å²) < 4.78 is 28.6. The molecule has 0 heterocycles. The third kappa shape index (κ3) is 3.54. The predicted molar refractivity (Wildman–Crippen MR) is 36.6 cm³/mol. The Hall–Kier alpha value is -0.460. The summed E-state index contributed by atoms with van der Waals surface area (Å²) >= 11 is 0. The Morgan fingerprint density at radius 3 is 2.40 bits per heavy atom. The third-order valence-corrected chi connectivity index (χ3v) is 1.68.